The Balaban J connectivity index is 1.77. The van der Waals surface area contributed by atoms with E-state index < -0.39 is 18.0 Å². The largest absolute Gasteiger partial charge is 0.368 e. The van der Waals surface area contributed by atoms with Crippen LogP contribution < -0.4 is 5.73 Å². The maximum atomic E-state index is 14.0. The fourth-order valence-electron chi connectivity index (χ4n) is 4.93. The summed E-state index contributed by atoms with van der Waals surface area (Å²) in [5.74, 6) is -1.11. The molecule has 1 fully saturated rings. The molecule has 1 heterocycles. The molecule has 3 aromatic rings. The van der Waals surface area contributed by atoms with Crippen molar-refractivity contribution in [2.24, 2.45) is 5.73 Å². The van der Waals surface area contributed by atoms with Gasteiger partial charge in [-0.15, -0.1) is 0 Å². The van der Waals surface area contributed by atoms with Gasteiger partial charge in [0.2, 0.25) is 11.8 Å². The van der Waals surface area contributed by atoms with Crippen molar-refractivity contribution in [1.82, 2.24) is 9.80 Å². The van der Waals surface area contributed by atoms with Crippen LogP contribution in [-0.2, 0) is 20.8 Å². The Morgan fingerprint density at radius 2 is 1.79 bits per heavy atom. The van der Waals surface area contributed by atoms with Gasteiger partial charge < -0.3 is 15.5 Å². The fourth-order valence-corrected chi connectivity index (χ4v) is 5.13. The summed E-state index contributed by atoms with van der Waals surface area (Å²) in [5, 5.41) is 2.54. The van der Waals surface area contributed by atoms with E-state index in [0.717, 1.165) is 16.3 Å². The van der Waals surface area contributed by atoms with Gasteiger partial charge in [0, 0.05) is 31.0 Å². The van der Waals surface area contributed by atoms with Crippen LogP contribution in [0.1, 0.15) is 37.4 Å². The number of rotatable bonds is 5. The molecule has 34 heavy (non-hydrogen) atoms. The molecule has 4 rings (SSSR count). The van der Waals surface area contributed by atoms with Gasteiger partial charge in [0.1, 0.15) is 12.1 Å². The molecule has 3 amide bonds. The number of primary amides is 1. The molecule has 2 N–H and O–H groups in total. The Morgan fingerprint density at radius 1 is 1.09 bits per heavy atom. The number of amides is 3. The van der Waals surface area contributed by atoms with Gasteiger partial charge in [0.15, 0.2) is 0 Å². The lowest BCUT2D eigenvalue weighted by Gasteiger charge is -2.35. The molecule has 0 unspecified atom stereocenters. The lowest BCUT2D eigenvalue weighted by atomic mass is 9.96. The number of benzene rings is 3. The summed E-state index contributed by atoms with van der Waals surface area (Å²) < 4.78 is 0. The van der Waals surface area contributed by atoms with Gasteiger partial charge in [-0.05, 0) is 47.4 Å². The lowest BCUT2D eigenvalue weighted by molar-refractivity contribution is -0.147. The zero-order valence-corrected chi connectivity index (χ0v) is 20.0. The zero-order valence-electron chi connectivity index (χ0n) is 19.3. The SMILES string of the molecule is CC(=O)N1[C@H](C)CCN([C@H](Cc2cccc3ccccc23)C(N)=O)C(=O)[C@@H]1c1cccc(Cl)c1. The van der Waals surface area contributed by atoms with Gasteiger partial charge in [-0.2, -0.15) is 0 Å². The first-order valence-electron chi connectivity index (χ1n) is 11.4. The van der Waals surface area contributed by atoms with E-state index in [2.05, 4.69) is 0 Å². The molecule has 0 aliphatic carbocycles. The number of carbonyl (C=O) groups is 3. The Kier molecular flexibility index (Phi) is 6.89. The molecule has 0 bridgehead atoms. The highest BCUT2D eigenvalue weighted by Gasteiger charge is 2.42. The molecular formula is C27H28ClN3O3. The third-order valence-electron chi connectivity index (χ3n) is 6.58. The first-order chi connectivity index (χ1) is 16.3. The number of fused-ring (bicyclic) bond motifs is 1. The van der Waals surface area contributed by atoms with Gasteiger partial charge in [-0.1, -0.05) is 66.2 Å². The van der Waals surface area contributed by atoms with Crippen molar-refractivity contribution in [3.05, 3.63) is 82.9 Å². The maximum absolute atomic E-state index is 14.0. The minimum absolute atomic E-state index is 0.207. The molecule has 0 aromatic heterocycles. The van der Waals surface area contributed by atoms with E-state index in [1.54, 1.807) is 34.1 Å². The normalized spacial score (nSPS) is 19.7. The minimum atomic E-state index is -0.886. The molecule has 6 nitrogen and oxygen atoms in total. The predicted molar refractivity (Wildman–Crippen MR) is 133 cm³/mol. The Bertz CT molecular complexity index is 1240. The van der Waals surface area contributed by atoms with Crippen LogP contribution in [0, 0.1) is 0 Å². The molecular weight excluding hydrogens is 450 g/mol. The average molecular weight is 478 g/mol. The van der Waals surface area contributed by atoms with Crippen LogP contribution >= 0.6 is 11.6 Å². The Hall–Kier alpha value is -3.38. The molecule has 1 saturated heterocycles. The van der Waals surface area contributed by atoms with E-state index in [9.17, 15) is 14.4 Å². The second-order valence-electron chi connectivity index (χ2n) is 8.81. The molecule has 3 atom stereocenters. The molecule has 0 radical (unpaired) electrons. The molecule has 3 aromatic carbocycles. The molecule has 0 saturated carbocycles. The van der Waals surface area contributed by atoms with Gasteiger partial charge in [0.25, 0.3) is 5.91 Å². The van der Waals surface area contributed by atoms with E-state index >= 15 is 0 Å². The Morgan fingerprint density at radius 3 is 2.50 bits per heavy atom. The van der Waals surface area contributed by atoms with Gasteiger partial charge >= 0.3 is 0 Å². The van der Waals surface area contributed by atoms with Crippen LogP contribution in [0.25, 0.3) is 10.8 Å². The van der Waals surface area contributed by atoms with Crippen LogP contribution in [0.2, 0.25) is 5.02 Å². The Labute approximate surface area is 204 Å². The summed E-state index contributed by atoms with van der Waals surface area (Å²) in [6, 6.07) is 18.8. The highest BCUT2D eigenvalue weighted by Crippen LogP contribution is 2.33. The second-order valence-corrected chi connectivity index (χ2v) is 9.25. The van der Waals surface area contributed by atoms with E-state index in [0.29, 0.717) is 30.0 Å². The van der Waals surface area contributed by atoms with Gasteiger partial charge in [-0.3, -0.25) is 14.4 Å². The van der Waals surface area contributed by atoms with E-state index in [4.69, 9.17) is 17.3 Å². The number of hydrogen-bond donors (Lipinski definition) is 1. The van der Waals surface area contributed by atoms with Crippen molar-refractivity contribution in [3.8, 4) is 0 Å². The van der Waals surface area contributed by atoms with Crippen LogP contribution in [-0.4, -0.2) is 46.1 Å². The average Bonchev–Trinajstić information content (AvgIpc) is 2.93. The maximum Gasteiger partial charge on any atom is 0.250 e. The van der Waals surface area contributed by atoms with Crippen molar-refractivity contribution >= 4 is 40.1 Å². The van der Waals surface area contributed by atoms with Gasteiger partial charge in [-0.25, -0.2) is 0 Å². The summed E-state index contributed by atoms with van der Waals surface area (Å²) in [4.78, 5) is 42.5. The van der Waals surface area contributed by atoms with Crippen molar-refractivity contribution in [1.29, 1.82) is 0 Å². The number of carbonyl (C=O) groups excluding carboxylic acids is 3. The quantitative estimate of drug-likeness (QED) is 0.600. The van der Waals surface area contributed by atoms with Crippen molar-refractivity contribution < 1.29 is 14.4 Å². The van der Waals surface area contributed by atoms with E-state index in [-0.39, 0.29) is 17.9 Å². The third-order valence-corrected chi connectivity index (χ3v) is 6.82. The monoisotopic (exact) mass is 477 g/mol. The number of nitrogens with zero attached hydrogens (tertiary/aromatic N) is 2. The van der Waals surface area contributed by atoms with Crippen molar-refractivity contribution in [2.45, 2.75) is 44.8 Å². The summed E-state index contributed by atoms with van der Waals surface area (Å²) in [5.41, 5.74) is 7.43. The summed E-state index contributed by atoms with van der Waals surface area (Å²) in [6.45, 7) is 3.69. The van der Waals surface area contributed by atoms with Crippen molar-refractivity contribution in [3.63, 3.8) is 0 Å². The first-order valence-corrected chi connectivity index (χ1v) is 11.8. The summed E-state index contributed by atoms with van der Waals surface area (Å²) in [7, 11) is 0. The molecule has 1 aliphatic heterocycles. The lowest BCUT2D eigenvalue weighted by Crippen LogP contribution is -2.52. The third kappa shape index (κ3) is 4.64. The van der Waals surface area contributed by atoms with E-state index in [1.165, 1.54) is 6.92 Å². The predicted octanol–water partition coefficient (Wildman–Crippen LogP) is 4.10. The fraction of sp³-hybridized carbons (Fsp3) is 0.296. The highest BCUT2D eigenvalue weighted by molar-refractivity contribution is 6.30. The van der Waals surface area contributed by atoms with Crippen molar-refractivity contribution in [2.75, 3.05) is 6.54 Å². The standard InChI is InChI=1S/C27H28ClN3O3/c1-17-13-14-30(27(34)25(31(17)18(2)32)21-10-6-11-22(28)15-21)24(26(29)33)16-20-9-5-8-19-7-3-4-12-23(19)20/h3-12,15,17,24-25H,13-14,16H2,1-2H3,(H2,29,33)/t17-,24-,25+/m1/s1. The van der Waals surface area contributed by atoms with Gasteiger partial charge in [0.05, 0.1) is 0 Å². The van der Waals surface area contributed by atoms with Crippen LogP contribution in [0.15, 0.2) is 66.7 Å². The zero-order chi connectivity index (χ0) is 24.4. The first kappa shape index (κ1) is 23.8. The molecule has 0 spiro atoms. The summed E-state index contributed by atoms with van der Waals surface area (Å²) in [6.07, 6.45) is 0.820. The highest BCUT2D eigenvalue weighted by atomic mass is 35.5. The minimum Gasteiger partial charge on any atom is -0.368 e. The number of halogens is 1. The van der Waals surface area contributed by atoms with Crippen LogP contribution in [0.4, 0.5) is 0 Å². The molecule has 1 aliphatic rings. The summed E-state index contributed by atoms with van der Waals surface area (Å²) >= 11 is 6.23. The number of nitrogens with two attached hydrogens (primary N) is 1. The topological polar surface area (TPSA) is 83.7 Å². The second kappa shape index (κ2) is 9.85. The number of hydrogen-bond acceptors (Lipinski definition) is 3. The van der Waals surface area contributed by atoms with Crippen LogP contribution in [0.5, 0.6) is 0 Å². The molecule has 176 valence electrons. The smallest absolute Gasteiger partial charge is 0.250 e. The van der Waals surface area contributed by atoms with E-state index in [1.807, 2.05) is 49.4 Å². The molecule has 7 heteroatoms. The van der Waals surface area contributed by atoms with Crippen LogP contribution in [0.3, 0.4) is 0 Å².